The van der Waals surface area contributed by atoms with E-state index >= 15 is 0 Å². The number of benzene rings is 2. The highest BCUT2D eigenvalue weighted by Crippen LogP contribution is 2.29. The molecule has 0 aromatic heterocycles. The normalized spacial score (nSPS) is 11.2. The van der Waals surface area contributed by atoms with Gasteiger partial charge in [-0.05, 0) is 34.1 Å². The van der Waals surface area contributed by atoms with Crippen molar-refractivity contribution in [2.24, 2.45) is 0 Å². The lowest BCUT2D eigenvalue weighted by Crippen LogP contribution is -2.23. The Kier molecular flexibility index (Phi) is 4.57. The molecule has 0 aliphatic carbocycles. The van der Waals surface area contributed by atoms with E-state index in [0.29, 0.717) is 10.2 Å². The first-order valence-corrected chi connectivity index (χ1v) is 6.85. The van der Waals surface area contributed by atoms with Gasteiger partial charge in [-0.1, -0.05) is 30.3 Å². The van der Waals surface area contributed by atoms with Gasteiger partial charge in [0.2, 0.25) is 0 Å². The Morgan fingerprint density at radius 1 is 1.19 bits per heavy atom. The van der Waals surface area contributed by atoms with Crippen LogP contribution in [0.4, 0.5) is 14.5 Å². The van der Waals surface area contributed by atoms with Crippen molar-refractivity contribution in [2.45, 2.75) is 5.92 Å². The Morgan fingerprint density at radius 2 is 1.86 bits per heavy atom. The standard InChI is InChI=1S/C15H12BrF2NO2/c16-13-7-6-11(19)8-12(13)14(20)21-9-15(17,18)10-4-2-1-3-5-10/h1-8H,9,19H2. The third kappa shape index (κ3) is 3.78. The summed E-state index contributed by atoms with van der Waals surface area (Å²) in [5.74, 6) is -4.10. The monoisotopic (exact) mass is 355 g/mol. The highest BCUT2D eigenvalue weighted by Gasteiger charge is 2.33. The number of hydrogen-bond donors (Lipinski definition) is 1. The van der Waals surface area contributed by atoms with Crippen molar-refractivity contribution < 1.29 is 18.3 Å². The van der Waals surface area contributed by atoms with Gasteiger partial charge in [0.15, 0.2) is 6.61 Å². The van der Waals surface area contributed by atoms with Gasteiger partial charge in [0.25, 0.3) is 0 Å². The Labute approximate surface area is 128 Å². The fraction of sp³-hybridized carbons (Fsp3) is 0.133. The van der Waals surface area contributed by atoms with Crippen LogP contribution >= 0.6 is 15.9 Å². The van der Waals surface area contributed by atoms with Crippen LogP contribution in [0.3, 0.4) is 0 Å². The van der Waals surface area contributed by atoms with Crippen molar-refractivity contribution in [1.82, 2.24) is 0 Å². The highest BCUT2D eigenvalue weighted by atomic mass is 79.9. The molecular formula is C15H12BrF2NO2. The van der Waals surface area contributed by atoms with Crippen LogP contribution in [-0.2, 0) is 10.7 Å². The van der Waals surface area contributed by atoms with Crippen molar-refractivity contribution in [1.29, 1.82) is 0 Å². The predicted octanol–water partition coefficient (Wildman–Crippen LogP) is 3.98. The second-order valence-corrected chi connectivity index (χ2v) is 5.24. The van der Waals surface area contributed by atoms with E-state index in [4.69, 9.17) is 10.5 Å². The van der Waals surface area contributed by atoms with Crippen LogP contribution < -0.4 is 5.73 Å². The summed E-state index contributed by atoms with van der Waals surface area (Å²) in [5, 5.41) is 0. The summed E-state index contributed by atoms with van der Waals surface area (Å²) in [6.07, 6.45) is 0. The van der Waals surface area contributed by atoms with Crippen molar-refractivity contribution in [3.05, 3.63) is 64.1 Å². The molecule has 0 heterocycles. The first-order chi connectivity index (χ1) is 9.90. The molecule has 0 aliphatic heterocycles. The van der Waals surface area contributed by atoms with Crippen LogP contribution in [0, 0.1) is 0 Å². The zero-order valence-corrected chi connectivity index (χ0v) is 12.4. The van der Waals surface area contributed by atoms with Gasteiger partial charge in [0.05, 0.1) is 5.56 Å². The van der Waals surface area contributed by atoms with Gasteiger partial charge in [-0.15, -0.1) is 0 Å². The number of nitrogens with two attached hydrogens (primary N) is 1. The summed E-state index contributed by atoms with van der Waals surface area (Å²) in [5.41, 5.74) is 5.81. The Hall–Kier alpha value is -1.95. The van der Waals surface area contributed by atoms with E-state index in [9.17, 15) is 13.6 Å². The number of ether oxygens (including phenoxy) is 1. The molecule has 3 nitrogen and oxygen atoms in total. The van der Waals surface area contributed by atoms with Gasteiger partial charge in [-0.25, -0.2) is 4.79 Å². The topological polar surface area (TPSA) is 52.3 Å². The molecule has 0 aliphatic rings. The molecule has 0 saturated carbocycles. The number of nitrogen functional groups attached to an aromatic ring is 1. The molecule has 2 rings (SSSR count). The molecule has 0 spiro atoms. The maximum absolute atomic E-state index is 13.9. The van der Waals surface area contributed by atoms with Crippen molar-refractivity contribution in [3.8, 4) is 0 Å². The average Bonchev–Trinajstić information content (AvgIpc) is 2.48. The molecule has 0 saturated heterocycles. The summed E-state index contributed by atoms with van der Waals surface area (Å²) in [7, 11) is 0. The molecule has 0 atom stereocenters. The first kappa shape index (κ1) is 15.4. The largest absolute Gasteiger partial charge is 0.455 e. The number of carbonyl (C=O) groups is 1. The molecule has 0 amide bonds. The fourth-order valence-corrected chi connectivity index (χ4v) is 2.11. The van der Waals surface area contributed by atoms with Crippen LogP contribution in [0.2, 0.25) is 0 Å². The summed E-state index contributed by atoms with van der Waals surface area (Å²) in [4.78, 5) is 11.9. The molecule has 110 valence electrons. The van der Waals surface area contributed by atoms with E-state index in [1.165, 1.54) is 30.3 Å². The van der Waals surface area contributed by atoms with Crippen LogP contribution in [0.15, 0.2) is 53.0 Å². The number of anilines is 1. The van der Waals surface area contributed by atoms with E-state index < -0.39 is 18.5 Å². The van der Waals surface area contributed by atoms with Crippen molar-refractivity contribution in [3.63, 3.8) is 0 Å². The molecule has 0 bridgehead atoms. The van der Waals surface area contributed by atoms with Crippen molar-refractivity contribution >= 4 is 27.6 Å². The third-order valence-corrected chi connectivity index (χ3v) is 3.48. The summed E-state index contributed by atoms with van der Waals surface area (Å²) >= 11 is 3.15. The maximum atomic E-state index is 13.9. The summed E-state index contributed by atoms with van der Waals surface area (Å²) in [6.45, 7) is -1.03. The maximum Gasteiger partial charge on any atom is 0.339 e. The number of esters is 1. The molecule has 2 aromatic carbocycles. The fourth-order valence-electron chi connectivity index (χ4n) is 1.70. The highest BCUT2D eigenvalue weighted by molar-refractivity contribution is 9.10. The van der Waals surface area contributed by atoms with E-state index in [1.807, 2.05) is 0 Å². The van der Waals surface area contributed by atoms with E-state index in [0.717, 1.165) is 0 Å². The quantitative estimate of drug-likeness (QED) is 0.666. The minimum atomic E-state index is -3.25. The number of hydrogen-bond acceptors (Lipinski definition) is 3. The second-order valence-electron chi connectivity index (χ2n) is 4.39. The third-order valence-electron chi connectivity index (χ3n) is 2.79. The first-order valence-electron chi connectivity index (χ1n) is 6.05. The molecule has 2 aromatic rings. The number of alkyl halides is 2. The lowest BCUT2D eigenvalue weighted by Gasteiger charge is -2.17. The zero-order valence-electron chi connectivity index (χ0n) is 10.9. The van der Waals surface area contributed by atoms with E-state index in [2.05, 4.69) is 15.9 Å². The Balaban J connectivity index is 2.09. The van der Waals surface area contributed by atoms with Gasteiger partial charge in [-0.3, -0.25) is 0 Å². The van der Waals surface area contributed by atoms with Crippen LogP contribution in [-0.4, -0.2) is 12.6 Å². The van der Waals surface area contributed by atoms with Gasteiger partial charge < -0.3 is 10.5 Å². The lowest BCUT2D eigenvalue weighted by atomic mass is 10.1. The lowest BCUT2D eigenvalue weighted by molar-refractivity contribution is -0.0662. The molecule has 21 heavy (non-hydrogen) atoms. The van der Waals surface area contributed by atoms with Gasteiger partial charge in [0, 0.05) is 15.7 Å². The average molecular weight is 356 g/mol. The van der Waals surface area contributed by atoms with Gasteiger partial charge in [0.1, 0.15) is 0 Å². The van der Waals surface area contributed by atoms with E-state index in [-0.39, 0.29) is 11.1 Å². The number of halogens is 3. The second kappa shape index (κ2) is 6.22. The molecule has 2 N–H and O–H groups in total. The number of carbonyl (C=O) groups excluding carboxylic acids is 1. The van der Waals surface area contributed by atoms with Gasteiger partial charge >= 0.3 is 11.9 Å². The van der Waals surface area contributed by atoms with Crippen LogP contribution in [0.25, 0.3) is 0 Å². The molecule has 6 heteroatoms. The summed E-state index contributed by atoms with van der Waals surface area (Å²) in [6, 6.07) is 11.7. The SMILES string of the molecule is Nc1ccc(Br)c(C(=O)OCC(F)(F)c2ccccc2)c1. The zero-order chi connectivity index (χ0) is 15.5. The Bertz CT molecular complexity index is 647. The Morgan fingerprint density at radius 3 is 2.52 bits per heavy atom. The predicted molar refractivity (Wildman–Crippen MR) is 79.2 cm³/mol. The van der Waals surface area contributed by atoms with Crippen LogP contribution in [0.5, 0.6) is 0 Å². The van der Waals surface area contributed by atoms with Crippen molar-refractivity contribution in [2.75, 3.05) is 12.3 Å². The van der Waals surface area contributed by atoms with Crippen LogP contribution in [0.1, 0.15) is 15.9 Å². The molecule has 0 unspecified atom stereocenters. The smallest absolute Gasteiger partial charge is 0.339 e. The minimum absolute atomic E-state index is 0.110. The molecular weight excluding hydrogens is 344 g/mol. The minimum Gasteiger partial charge on any atom is -0.455 e. The molecule has 0 radical (unpaired) electrons. The van der Waals surface area contributed by atoms with Gasteiger partial charge in [-0.2, -0.15) is 8.78 Å². The molecule has 0 fully saturated rings. The number of rotatable bonds is 4. The van der Waals surface area contributed by atoms with E-state index in [1.54, 1.807) is 18.2 Å². The summed E-state index contributed by atoms with van der Waals surface area (Å²) < 4.78 is 32.9.